The van der Waals surface area contributed by atoms with E-state index in [1.165, 1.54) is 0 Å². The Balaban J connectivity index is 1.36. The predicted molar refractivity (Wildman–Crippen MR) is 135 cm³/mol. The van der Waals surface area contributed by atoms with Gasteiger partial charge in [0.1, 0.15) is 23.0 Å². The van der Waals surface area contributed by atoms with E-state index in [1.807, 2.05) is 62.1 Å². The molecule has 1 aliphatic rings. The maximum atomic E-state index is 13.0. The Bertz CT molecular complexity index is 1160. The van der Waals surface area contributed by atoms with Crippen LogP contribution in [0.25, 0.3) is 17.0 Å². The van der Waals surface area contributed by atoms with Gasteiger partial charge in [0.2, 0.25) is 5.91 Å². The summed E-state index contributed by atoms with van der Waals surface area (Å²) in [5, 5.41) is 1.01. The van der Waals surface area contributed by atoms with Gasteiger partial charge in [0, 0.05) is 55.7 Å². The van der Waals surface area contributed by atoms with Crippen molar-refractivity contribution in [3.8, 4) is 0 Å². The van der Waals surface area contributed by atoms with Gasteiger partial charge in [-0.2, -0.15) is 0 Å². The van der Waals surface area contributed by atoms with Crippen LogP contribution in [0, 0.1) is 0 Å². The van der Waals surface area contributed by atoms with Crippen LogP contribution in [0.2, 0.25) is 0 Å². The van der Waals surface area contributed by atoms with E-state index in [9.17, 15) is 9.59 Å². The van der Waals surface area contributed by atoms with Crippen molar-refractivity contribution in [2.75, 3.05) is 24.6 Å². The minimum atomic E-state index is -0.193. The number of aromatic nitrogens is 2. The van der Waals surface area contributed by atoms with E-state index in [4.69, 9.17) is 9.15 Å². The summed E-state index contributed by atoms with van der Waals surface area (Å²) >= 11 is 0. The molecule has 0 radical (unpaired) electrons. The molecule has 0 aliphatic carbocycles. The third-order valence-electron chi connectivity index (χ3n) is 6.07. The van der Waals surface area contributed by atoms with Crippen LogP contribution in [0.3, 0.4) is 0 Å². The number of fused-ring (bicyclic) bond motifs is 1. The number of hydrogen-bond acceptors (Lipinski definition) is 7. The van der Waals surface area contributed by atoms with E-state index in [0.717, 1.165) is 23.2 Å². The predicted octanol–water partition coefficient (Wildman–Crippen LogP) is 4.25. The molecule has 0 bridgehead atoms. The summed E-state index contributed by atoms with van der Waals surface area (Å²) in [5.74, 6) is 1.88. The van der Waals surface area contributed by atoms with Crippen molar-refractivity contribution in [1.82, 2.24) is 14.9 Å². The molecule has 35 heavy (non-hydrogen) atoms. The van der Waals surface area contributed by atoms with Crippen LogP contribution in [-0.4, -0.2) is 58.5 Å². The number of ether oxygens (including phenoxy) is 1. The molecule has 0 spiro atoms. The molecule has 1 aromatic carbocycles. The highest BCUT2D eigenvalue weighted by molar-refractivity contribution is 5.93. The van der Waals surface area contributed by atoms with Crippen LogP contribution in [0.4, 0.5) is 5.82 Å². The van der Waals surface area contributed by atoms with Crippen molar-refractivity contribution in [2.24, 2.45) is 0 Å². The van der Waals surface area contributed by atoms with E-state index in [0.29, 0.717) is 37.5 Å². The van der Waals surface area contributed by atoms with Crippen LogP contribution < -0.4 is 4.90 Å². The second-order valence-corrected chi connectivity index (χ2v) is 8.92. The maximum Gasteiger partial charge on any atom is 0.305 e. The largest absolute Gasteiger partial charge is 0.465 e. The number of esters is 1. The van der Waals surface area contributed by atoms with E-state index >= 15 is 0 Å². The quantitative estimate of drug-likeness (QED) is 0.355. The van der Waals surface area contributed by atoms with Crippen molar-refractivity contribution in [1.29, 1.82) is 0 Å². The summed E-state index contributed by atoms with van der Waals surface area (Å²) in [4.78, 5) is 37.7. The molecule has 2 atom stereocenters. The zero-order chi connectivity index (χ0) is 24.8. The number of carbonyl (C=O) groups excluding carboxylic acids is 2. The normalized spacial score (nSPS) is 18.4. The molecule has 0 saturated carbocycles. The van der Waals surface area contributed by atoms with Gasteiger partial charge in [-0.3, -0.25) is 9.59 Å². The first-order valence-corrected chi connectivity index (χ1v) is 12.2. The molecule has 8 nitrogen and oxygen atoms in total. The second-order valence-electron chi connectivity index (χ2n) is 8.92. The van der Waals surface area contributed by atoms with E-state index < -0.39 is 0 Å². The second kappa shape index (κ2) is 11.2. The molecule has 0 N–H and O–H groups in total. The van der Waals surface area contributed by atoms with Crippen molar-refractivity contribution in [3.63, 3.8) is 0 Å². The maximum absolute atomic E-state index is 13.0. The lowest BCUT2D eigenvalue weighted by atomic mass is 10.1. The average Bonchev–Trinajstić information content (AvgIpc) is 3.26. The Morgan fingerprint density at radius 3 is 2.69 bits per heavy atom. The molecule has 4 rings (SSSR count). The van der Waals surface area contributed by atoms with E-state index in [1.54, 1.807) is 18.3 Å². The highest BCUT2D eigenvalue weighted by Crippen LogP contribution is 2.23. The minimum absolute atomic E-state index is 0.0000118. The van der Waals surface area contributed by atoms with Gasteiger partial charge in [-0.1, -0.05) is 25.1 Å². The Morgan fingerprint density at radius 1 is 1.17 bits per heavy atom. The molecule has 3 aromatic rings. The number of piperazine rings is 1. The monoisotopic (exact) mass is 476 g/mol. The number of furan rings is 1. The smallest absolute Gasteiger partial charge is 0.305 e. The fourth-order valence-corrected chi connectivity index (χ4v) is 4.49. The Hall–Kier alpha value is -3.68. The number of para-hydroxylation sites is 1. The standard InChI is InChI=1S/C27H32N4O4/c1-4-7-27(33)34-15-13-24-28-14-12-25(29-24)30-17-19(2)31(20(3)18-30)26(32)11-10-22-16-21-8-5-6-9-23(21)35-22/h5-6,8-12,14,16,19-20H,4,7,13,15,17-18H2,1-3H3/t19-,20+. The van der Waals surface area contributed by atoms with Crippen LogP contribution >= 0.6 is 0 Å². The number of rotatable bonds is 8. The summed E-state index contributed by atoms with van der Waals surface area (Å²) in [6.07, 6.45) is 6.72. The fraction of sp³-hybridized carbons (Fsp3) is 0.407. The lowest BCUT2D eigenvalue weighted by Crippen LogP contribution is -2.58. The first-order chi connectivity index (χ1) is 16.9. The third kappa shape index (κ3) is 6.07. The van der Waals surface area contributed by atoms with Gasteiger partial charge in [0.15, 0.2) is 0 Å². The number of amides is 1. The molecule has 2 aromatic heterocycles. The number of nitrogens with zero attached hydrogens (tertiary/aromatic N) is 4. The van der Waals surface area contributed by atoms with Crippen molar-refractivity contribution >= 4 is 34.7 Å². The zero-order valence-corrected chi connectivity index (χ0v) is 20.5. The number of carbonyl (C=O) groups is 2. The van der Waals surface area contributed by atoms with Crippen molar-refractivity contribution < 1.29 is 18.7 Å². The molecule has 3 heterocycles. The first kappa shape index (κ1) is 24.4. The summed E-state index contributed by atoms with van der Waals surface area (Å²) in [6.45, 7) is 7.64. The molecular weight excluding hydrogens is 444 g/mol. The number of benzene rings is 1. The molecule has 1 saturated heterocycles. The molecule has 0 unspecified atom stereocenters. The number of hydrogen-bond donors (Lipinski definition) is 0. The lowest BCUT2D eigenvalue weighted by molar-refractivity contribution is -0.143. The van der Waals surface area contributed by atoms with Crippen LogP contribution in [0.5, 0.6) is 0 Å². The highest BCUT2D eigenvalue weighted by Gasteiger charge is 2.32. The van der Waals surface area contributed by atoms with Gasteiger partial charge in [0.25, 0.3) is 0 Å². The summed E-state index contributed by atoms with van der Waals surface area (Å²) in [6, 6.07) is 11.6. The van der Waals surface area contributed by atoms with Crippen LogP contribution in [-0.2, 0) is 20.7 Å². The van der Waals surface area contributed by atoms with Gasteiger partial charge in [-0.15, -0.1) is 0 Å². The highest BCUT2D eigenvalue weighted by atomic mass is 16.5. The minimum Gasteiger partial charge on any atom is -0.465 e. The Labute approximate surface area is 205 Å². The van der Waals surface area contributed by atoms with Gasteiger partial charge in [-0.05, 0) is 44.5 Å². The Kier molecular flexibility index (Phi) is 7.80. The zero-order valence-electron chi connectivity index (χ0n) is 20.5. The summed E-state index contributed by atoms with van der Waals surface area (Å²) in [7, 11) is 0. The molecule has 1 amide bonds. The van der Waals surface area contributed by atoms with Crippen molar-refractivity contribution in [2.45, 2.75) is 52.1 Å². The molecular formula is C27H32N4O4. The van der Waals surface area contributed by atoms with Crippen LogP contribution in [0.1, 0.15) is 45.2 Å². The van der Waals surface area contributed by atoms with Crippen molar-refractivity contribution in [3.05, 3.63) is 60.3 Å². The third-order valence-corrected chi connectivity index (χ3v) is 6.07. The molecule has 8 heteroatoms. The summed E-state index contributed by atoms with van der Waals surface area (Å²) in [5.41, 5.74) is 0.804. The van der Waals surface area contributed by atoms with Gasteiger partial charge in [-0.25, -0.2) is 9.97 Å². The van der Waals surface area contributed by atoms with Gasteiger partial charge < -0.3 is 19.0 Å². The lowest BCUT2D eigenvalue weighted by Gasteiger charge is -2.44. The SMILES string of the molecule is CCCC(=O)OCCc1nccc(N2C[C@@H](C)N(C(=O)C=Cc3cc4ccccc4o3)[C@@H](C)C2)n1. The molecule has 1 aliphatic heterocycles. The topological polar surface area (TPSA) is 88.8 Å². The van der Waals surface area contributed by atoms with Gasteiger partial charge >= 0.3 is 5.97 Å². The fourth-order valence-electron chi connectivity index (χ4n) is 4.49. The molecule has 1 fully saturated rings. The van der Waals surface area contributed by atoms with E-state index in [2.05, 4.69) is 14.9 Å². The average molecular weight is 477 g/mol. The Morgan fingerprint density at radius 2 is 1.94 bits per heavy atom. The van der Waals surface area contributed by atoms with Gasteiger partial charge in [0.05, 0.1) is 6.61 Å². The number of anilines is 1. The first-order valence-electron chi connectivity index (χ1n) is 12.2. The van der Waals surface area contributed by atoms with Crippen LogP contribution in [0.15, 0.2) is 53.1 Å². The van der Waals surface area contributed by atoms with E-state index in [-0.39, 0.29) is 30.6 Å². The molecule has 184 valence electrons. The summed E-state index contributed by atoms with van der Waals surface area (Å²) < 4.78 is 11.0.